The fourth-order valence-corrected chi connectivity index (χ4v) is 2.72. The standard InChI is InChI=1S/C16H19N3O/c1-11-8-14(13-4-2-3-5-15(13)19-11)16(20)18-10-12-6-7-17-9-12/h2-5,8,12,17H,6-7,9-10H2,1H3,(H,18,20). The molecule has 1 fully saturated rings. The van der Waals surface area contributed by atoms with E-state index in [4.69, 9.17) is 0 Å². The summed E-state index contributed by atoms with van der Waals surface area (Å²) < 4.78 is 0. The molecule has 1 aromatic carbocycles. The molecule has 0 aliphatic carbocycles. The zero-order valence-electron chi connectivity index (χ0n) is 11.6. The smallest absolute Gasteiger partial charge is 0.252 e. The summed E-state index contributed by atoms with van der Waals surface area (Å²) in [5.41, 5.74) is 2.47. The quantitative estimate of drug-likeness (QED) is 0.894. The van der Waals surface area contributed by atoms with Gasteiger partial charge in [0, 0.05) is 17.6 Å². The minimum absolute atomic E-state index is 0.00130. The average molecular weight is 269 g/mol. The number of pyridine rings is 1. The molecule has 1 unspecified atom stereocenters. The van der Waals surface area contributed by atoms with Gasteiger partial charge in [0.25, 0.3) is 5.91 Å². The number of aromatic nitrogens is 1. The van der Waals surface area contributed by atoms with Gasteiger partial charge in [-0.2, -0.15) is 0 Å². The highest BCUT2D eigenvalue weighted by Gasteiger charge is 2.17. The van der Waals surface area contributed by atoms with Crippen molar-refractivity contribution in [2.75, 3.05) is 19.6 Å². The number of nitrogens with zero attached hydrogens (tertiary/aromatic N) is 1. The Morgan fingerprint density at radius 2 is 2.30 bits per heavy atom. The first-order valence-electron chi connectivity index (χ1n) is 7.09. The molecule has 1 saturated heterocycles. The van der Waals surface area contributed by atoms with Gasteiger partial charge >= 0.3 is 0 Å². The van der Waals surface area contributed by atoms with Crippen LogP contribution in [0.15, 0.2) is 30.3 Å². The molecule has 20 heavy (non-hydrogen) atoms. The fraction of sp³-hybridized carbons (Fsp3) is 0.375. The molecule has 1 amide bonds. The Labute approximate surface area is 118 Å². The molecular weight excluding hydrogens is 250 g/mol. The van der Waals surface area contributed by atoms with E-state index in [1.165, 1.54) is 0 Å². The van der Waals surface area contributed by atoms with Crippen LogP contribution in [-0.2, 0) is 0 Å². The Balaban J connectivity index is 1.83. The molecule has 0 spiro atoms. The number of amides is 1. The Hall–Kier alpha value is -1.94. The molecule has 4 nitrogen and oxygen atoms in total. The van der Waals surface area contributed by atoms with Crippen LogP contribution < -0.4 is 10.6 Å². The highest BCUT2D eigenvalue weighted by molar-refractivity contribution is 6.06. The first-order chi connectivity index (χ1) is 9.74. The number of benzene rings is 1. The van der Waals surface area contributed by atoms with Crippen LogP contribution in [0.2, 0.25) is 0 Å². The van der Waals surface area contributed by atoms with E-state index in [2.05, 4.69) is 15.6 Å². The summed E-state index contributed by atoms with van der Waals surface area (Å²) in [6.07, 6.45) is 1.14. The largest absolute Gasteiger partial charge is 0.352 e. The molecule has 1 aromatic heterocycles. The van der Waals surface area contributed by atoms with Crippen LogP contribution in [-0.4, -0.2) is 30.5 Å². The Bertz CT molecular complexity index is 633. The molecule has 2 heterocycles. The van der Waals surface area contributed by atoms with E-state index in [0.29, 0.717) is 5.92 Å². The zero-order valence-corrected chi connectivity index (χ0v) is 11.6. The first-order valence-corrected chi connectivity index (χ1v) is 7.09. The predicted octanol–water partition coefficient (Wildman–Crippen LogP) is 1.88. The molecule has 0 saturated carbocycles. The number of fused-ring (bicyclic) bond motifs is 1. The molecule has 4 heteroatoms. The SMILES string of the molecule is Cc1cc(C(=O)NCC2CCNC2)c2ccccc2n1. The van der Waals surface area contributed by atoms with E-state index in [1.807, 2.05) is 37.3 Å². The van der Waals surface area contributed by atoms with Crippen LogP contribution in [0.25, 0.3) is 10.9 Å². The van der Waals surface area contributed by atoms with E-state index in [-0.39, 0.29) is 5.91 Å². The van der Waals surface area contributed by atoms with E-state index >= 15 is 0 Å². The maximum absolute atomic E-state index is 12.4. The number of para-hydroxylation sites is 1. The molecule has 2 N–H and O–H groups in total. The molecule has 2 aromatic rings. The number of hydrogen-bond acceptors (Lipinski definition) is 3. The van der Waals surface area contributed by atoms with Gasteiger partial charge in [0.15, 0.2) is 0 Å². The minimum Gasteiger partial charge on any atom is -0.352 e. The lowest BCUT2D eigenvalue weighted by Gasteiger charge is -2.12. The summed E-state index contributed by atoms with van der Waals surface area (Å²) in [4.78, 5) is 16.9. The molecule has 104 valence electrons. The third-order valence-electron chi connectivity index (χ3n) is 3.80. The summed E-state index contributed by atoms with van der Waals surface area (Å²) in [5, 5.41) is 7.28. The van der Waals surface area contributed by atoms with Crippen LogP contribution in [0.3, 0.4) is 0 Å². The second-order valence-corrected chi connectivity index (χ2v) is 5.40. The Kier molecular flexibility index (Phi) is 3.65. The number of aryl methyl sites for hydroxylation is 1. The summed E-state index contributed by atoms with van der Waals surface area (Å²) in [7, 11) is 0. The maximum atomic E-state index is 12.4. The fourth-order valence-electron chi connectivity index (χ4n) is 2.72. The Morgan fingerprint density at radius 1 is 1.45 bits per heavy atom. The van der Waals surface area contributed by atoms with Gasteiger partial charge in [-0.05, 0) is 44.5 Å². The lowest BCUT2D eigenvalue weighted by atomic mass is 10.1. The first kappa shape index (κ1) is 13.1. The lowest BCUT2D eigenvalue weighted by Crippen LogP contribution is -2.30. The topological polar surface area (TPSA) is 54.0 Å². The van der Waals surface area contributed by atoms with Gasteiger partial charge in [-0.25, -0.2) is 0 Å². The van der Waals surface area contributed by atoms with Crippen LogP contribution in [0.1, 0.15) is 22.5 Å². The monoisotopic (exact) mass is 269 g/mol. The van der Waals surface area contributed by atoms with Gasteiger partial charge < -0.3 is 10.6 Å². The van der Waals surface area contributed by atoms with Crippen molar-refractivity contribution in [2.45, 2.75) is 13.3 Å². The third-order valence-corrected chi connectivity index (χ3v) is 3.80. The number of carbonyl (C=O) groups excluding carboxylic acids is 1. The average Bonchev–Trinajstić information content (AvgIpc) is 2.97. The van der Waals surface area contributed by atoms with Gasteiger partial charge in [0.1, 0.15) is 0 Å². The summed E-state index contributed by atoms with van der Waals surface area (Å²) >= 11 is 0. The summed E-state index contributed by atoms with van der Waals surface area (Å²) in [6.45, 7) is 4.71. The van der Waals surface area contributed by atoms with Crippen molar-refractivity contribution < 1.29 is 4.79 Å². The van der Waals surface area contributed by atoms with Crippen LogP contribution in [0.5, 0.6) is 0 Å². The predicted molar refractivity (Wildman–Crippen MR) is 79.8 cm³/mol. The summed E-state index contributed by atoms with van der Waals surface area (Å²) in [6, 6.07) is 9.65. The van der Waals surface area contributed by atoms with E-state index in [0.717, 1.165) is 48.2 Å². The second-order valence-electron chi connectivity index (χ2n) is 5.40. The molecular formula is C16H19N3O. The molecule has 0 radical (unpaired) electrons. The molecule has 1 aliphatic heterocycles. The third kappa shape index (κ3) is 2.65. The summed E-state index contributed by atoms with van der Waals surface area (Å²) in [5.74, 6) is 0.548. The van der Waals surface area contributed by atoms with E-state index < -0.39 is 0 Å². The number of hydrogen-bond donors (Lipinski definition) is 2. The van der Waals surface area contributed by atoms with Crippen molar-refractivity contribution in [3.63, 3.8) is 0 Å². The van der Waals surface area contributed by atoms with E-state index in [9.17, 15) is 4.79 Å². The molecule has 1 atom stereocenters. The van der Waals surface area contributed by atoms with E-state index in [1.54, 1.807) is 0 Å². The van der Waals surface area contributed by atoms with Crippen LogP contribution in [0.4, 0.5) is 0 Å². The van der Waals surface area contributed by atoms with Crippen molar-refractivity contribution in [2.24, 2.45) is 5.92 Å². The minimum atomic E-state index is -0.00130. The van der Waals surface area contributed by atoms with Crippen LogP contribution >= 0.6 is 0 Å². The number of rotatable bonds is 3. The molecule has 3 rings (SSSR count). The normalized spacial score (nSPS) is 18.4. The van der Waals surface area contributed by atoms with Crippen molar-refractivity contribution in [1.29, 1.82) is 0 Å². The van der Waals surface area contributed by atoms with Crippen molar-refractivity contribution in [1.82, 2.24) is 15.6 Å². The van der Waals surface area contributed by atoms with Crippen molar-refractivity contribution >= 4 is 16.8 Å². The van der Waals surface area contributed by atoms with Gasteiger partial charge in [-0.15, -0.1) is 0 Å². The van der Waals surface area contributed by atoms with Gasteiger partial charge in [0.05, 0.1) is 11.1 Å². The molecule has 1 aliphatic rings. The van der Waals surface area contributed by atoms with Crippen molar-refractivity contribution in [3.8, 4) is 0 Å². The Morgan fingerprint density at radius 3 is 3.10 bits per heavy atom. The van der Waals surface area contributed by atoms with Crippen molar-refractivity contribution in [3.05, 3.63) is 41.6 Å². The zero-order chi connectivity index (χ0) is 13.9. The van der Waals surface area contributed by atoms with Gasteiger partial charge in [-0.1, -0.05) is 18.2 Å². The maximum Gasteiger partial charge on any atom is 0.252 e. The van der Waals surface area contributed by atoms with Crippen LogP contribution in [0, 0.1) is 12.8 Å². The second kappa shape index (κ2) is 5.59. The highest BCUT2D eigenvalue weighted by atomic mass is 16.1. The van der Waals surface area contributed by atoms with Gasteiger partial charge in [0.2, 0.25) is 0 Å². The number of carbonyl (C=O) groups is 1. The lowest BCUT2D eigenvalue weighted by molar-refractivity contribution is 0.0949. The highest BCUT2D eigenvalue weighted by Crippen LogP contribution is 2.18. The van der Waals surface area contributed by atoms with Gasteiger partial charge in [-0.3, -0.25) is 9.78 Å². The number of nitrogens with one attached hydrogen (secondary N) is 2. The molecule has 0 bridgehead atoms.